The van der Waals surface area contributed by atoms with Crippen LogP contribution >= 0.6 is 11.3 Å². The zero-order valence-electron chi connectivity index (χ0n) is 41.8. The Labute approximate surface area is 413 Å². The lowest BCUT2D eigenvalue weighted by molar-refractivity contribution is -0.144. The molecule has 5 heterocycles. The number of hydrogen-bond donors (Lipinski definition) is 3. The van der Waals surface area contributed by atoms with Crippen molar-refractivity contribution in [1.82, 2.24) is 40.1 Å². The van der Waals surface area contributed by atoms with E-state index >= 15 is 0 Å². The number of carbonyl (C=O) groups excluding carboxylic acids is 3. The molecule has 1 unspecified atom stereocenters. The Hall–Kier alpha value is -4.77. The highest BCUT2D eigenvalue weighted by Crippen LogP contribution is 2.34. The normalized spacial score (nSPS) is 22.6. The van der Waals surface area contributed by atoms with Crippen LogP contribution in [-0.2, 0) is 27.5 Å². The fourth-order valence-corrected chi connectivity index (χ4v) is 11.8. The smallest absolute Gasteiger partial charge is 0.246 e. The quantitative estimate of drug-likeness (QED) is 0.136. The van der Waals surface area contributed by atoms with Crippen molar-refractivity contribution < 1.29 is 23.9 Å². The number of amides is 3. The van der Waals surface area contributed by atoms with Crippen LogP contribution in [0.3, 0.4) is 0 Å². The van der Waals surface area contributed by atoms with Gasteiger partial charge in [-0.2, -0.15) is 0 Å². The maximum Gasteiger partial charge on any atom is 0.246 e. The fourth-order valence-electron chi connectivity index (χ4n) is 10.9. The van der Waals surface area contributed by atoms with Crippen molar-refractivity contribution in [2.45, 2.75) is 97.1 Å². The summed E-state index contributed by atoms with van der Waals surface area (Å²) >= 11 is 1.59. The lowest BCUT2D eigenvalue weighted by Crippen LogP contribution is -2.59. The van der Waals surface area contributed by atoms with Crippen LogP contribution < -0.4 is 15.5 Å². The van der Waals surface area contributed by atoms with E-state index in [1.165, 1.54) is 16.2 Å². The van der Waals surface area contributed by atoms with E-state index in [9.17, 15) is 23.9 Å². The van der Waals surface area contributed by atoms with Gasteiger partial charge in [0.2, 0.25) is 17.7 Å². The molecule has 372 valence electrons. The summed E-state index contributed by atoms with van der Waals surface area (Å²) in [5, 5.41) is 16.7. The summed E-state index contributed by atoms with van der Waals surface area (Å²) in [4.78, 5) is 60.3. The molecule has 15 heteroatoms. The van der Waals surface area contributed by atoms with E-state index in [1.807, 2.05) is 70.5 Å². The van der Waals surface area contributed by atoms with Crippen molar-refractivity contribution in [2.24, 2.45) is 11.3 Å². The first-order chi connectivity index (χ1) is 33.0. The molecule has 5 atom stereocenters. The monoisotopic (exact) mass is 964 g/mol. The van der Waals surface area contributed by atoms with Gasteiger partial charge in [0.25, 0.3) is 0 Å². The number of nitrogens with one attached hydrogen (secondary N) is 2. The zero-order chi connectivity index (χ0) is 49.0. The summed E-state index contributed by atoms with van der Waals surface area (Å²) in [5.74, 6) is -0.0786. The van der Waals surface area contributed by atoms with Gasteiger partial charge in [0.1, 0.15) is 17.9 Å². The number of rotatable bonds is 15. The maximum absolute atomic E-state index is 14.7. The molecule has 0 spiro atoms. The molecule has 0 aliphatic carbocycles. The van der Waals surface area contributed by atoms with Crippen LogP contribution in [-0.4, -0.2) is 163 Å². The zero-order valence-corrected chi connectivity index (χ0v) is 42.6. The van der Waals surface area contributed by atoms with Crippen LogP contribution in [0.2, 0.25) is 0 Å². The van der Waals surface area contributed by atoms with Crippen LogP contribution in [0.25, 0.3) is 10.4 Å². The van der Waals surface area contributed by atoms with Gasteiger partial charge in [0.05, 0.1) is 28.7 Å². The van der Waals surface area contributed by atoms with Crippen LogP contribution in [0.15, 0.2) is 72.2 Å². The summed E-state index contributed by atoms with van der Waals surface area (Å²) in [7, 11) is 4.30. The molecule has 3 N–H and O–H groups in total. The summed E-state index contributed by atoms with van der Waals surface area (Å²) in [6, 6.07) is 21.2. The topological polar surface area (TPSA) is 128 Å². The third-order valence-corrected chi connectivity index (χ3v) is 16.1. The molecule has 3 aromatic carbocycles. The Morgan fingerprint density at radius 2 is 1.59 bits per heavy atom. The summed E-state index contributed by atoms with van der Waals surface area (Å²) in [5.41, 5.74) is 8.59. The average Bonchev–Trinajstić information content (AvgIpc) is 4.07. The Balaban J connectivity index is 0.765. The van der Waals surface area contributed by atoms with Gasteiger partial charge in [-0.3, -0.25) is 29.1 Å². The Morgan fingerprint density at radius 3 is 2.23 bits per heavy atom. The number of β-amino-alcohol motifs (C(OH)–C–C–N with tert-alkyl or cyclic N) is 1. The van der Waals surface area contributed by atoms with Gasteiger partial charge in [0.15, 0.2) is 0 Å². The second kappa shape index (κ2) is 22.1. The van der Waals surface area contributed by atoms with Gasteiger partial charge in [-0.15, -0.1) is 11.3 Å². The van der Waals surface area contributed by atoms with E-state index in [2.05, 4.69) is 78.5 Å². The number of carbonyl (C=O) groups is 3. The number of hydrogen-bond acceptors (Lipinski definition) is 11. The van der Waals surface area contributed by atoms with E-state index < -0.39 is 23.6 Å². The minimum Gasteiger partial charge on any atom is -0.391 e. The highest BCUT2D eigenvalue weighted by Gasteiger charge is 2.45. The lowest BCUT2D eigenvalue weighted by Gasteiger charge is -2.40. The lowest BCUT2D eigenvalue weighted by atomic mass is 9.85. The molecular weight excluding hydrogens is 890 g/mol. The number of halogens is 1. The largest absolute Gasteiger partial charge is 0.391 e. The third-order valence-electron chi connectivity index (χ3n) is 15.1. The van der Waals surface area contributed by atoms with Crippen LogP contribution in [0.5, 0.6) is 0 Å². The van der Waals surface area contributed by atoms with E-state index in [4.69, 9.17) is 0 Å². The molecule has 4 aliphatic heterocycles. The maximum atomic E-state index is 14.7. The highest BCUT2D eigenvalue weighted by atomic mass is 32.1. The average molecular weight is 964 g/mol. The molecule has 4 aromatic rings. The van der Waals surface area contributed by atoms with Gasteiger partial charge >= 0.3 is 0 Å². The van der Waals surface area contributed by atoms with Crippen molar-refractivity contribution in [3.05, 3.63) is 106 Å². The fraction of sp³-hybridized carbons (Fsp3) is 0.556. The van der Waals surface area contributed by atoms with Gasteiger partial charge < -0.3 is 30.4 Å². The molecule has 69 heavy (non-hydrogen) atoms. The first-order valence-corrected chi connectivity index (χ1v) is 25.9. The number of aliphatic hydroxyl groups is 1. The molecule has 0 bridgehead atoms. The van der Waals surface area contributed by atoms with Crippen molar-refractivity contribution in [1.29, 1.82) is 0 Å². The molecule has 8 rings (SSSR count). The SMILES string of the molecule is Cc1cccc(F)c1CN1C[C@H](c2ccc(N3CCN(CC4CCN(CC(=O)NC(C(=O)N5C[C@H](O)C[C@H]5C(=O)NCc5ccc(-c6scnc6C)cc5)C(C)(C)C)CC4)CC3)cc2)[C@@H](N(C)C)C1. The molecule has 3 amide bonds. The second-order valence-corrected chi connectivity index (χ2v) is 22.3. The molecule has 1 aromatic heterocycles. The highest BCUT2D eigenvalue weighted by molar-refractivity contribution is 7.13. The number of nitrogens with zero attached hydrogens (tertiary/aromatic N) is 7. The number of anilines is 1. The molecule has 0 radical (unpaired) electrons. The van der Waals surface area contributed by atoms with E-state index in [1.54, 1.807) is 23.5 Å². The van der Waals surface area contributed by atoms with Crippen molar-refractivity contribution in [3.8, 4) is 10.4 Å². The number of aliphatic hydroxyl groups excluding tert-OH is 1. The molecule has 13 nitrogen and oxygen atoms in total. The van der Waals surface area contributed by atoms with Gasteiger partial charge in [0, 0.05) is 95.1 Å². The van der Waals surface area contributed by atoms with Gasteiger partial charge in [-0.25, -0.2) is 9.37 Å². The Kier molecular flexibility index (Phi) is 16.2. The van der Waals surface area contributed by atoms with Crippen LogP contribution in [0.1, 0.15) is 73.9 Å². The molecular formula is C54H74FN9O4S. The molecule has 4 aliphatic rings. The minimum atomic E-state index is -0.862. The number of benzene rings is 3. The van der Waals surface area contributed by atoms with Crippen molar-refractivity contribution >= 4 is 34.7 Å². The number of aryl methyl sites for hydroxylation is 2. The number of likely N-dealkylation sites (tertiary alicyclic amines) is 3. The Bertz CT molecular complexity index is 2350. The summed E-state index contributed by atoms with van der Waals surface area (Å²) in [6.07, 6.45) is 1.34. The number of thiazole rings is 1. The third kappa shape index (κ3) is 12.4. The number of piperazine rings is 1. The predicted molar refractivity (Wildman–Crippen MR) is 273 cm³/mol. The van der Waals surface area contributed by atoms with E-state index in [0.29, 0.717) is 31.0 Å². The first kappa shape index (κ1) is 50.6. The number of piperidine rings is 1. The van der Waals surface area contributed by atoms with Crippen LogP contribution in [0, 0.1) is 31.0 Å². The molecule has 0 saturated carbocycles. The first-order valence-electron chi connectivity index (χ1n) is 25.0. The number of likely N-dealkylation sites (N-methyl/N-ethyl adjacent to an activating group) is 1. The Morgan fingerprint density at radius 1 is 0.884 bits per heavy atom. The molecule has 4 saturated heterocycles. The predicted octanol–water partition coefficient (Wildman–Crippen LogP) is 5.74. The standard InChI is InChI=1S/C54H74FN9O4S/c1-36-9-8-10-46(55)44(36)31-62-32-45(48(33-62)59(6)7)40-15-17-42(18-16-40)63-25-23-61(24-26-63)29-39-19-21-60(22-20-39)34-49(66)58-51(54(3,4)5)53(68)64-30-43(65)27-47(64)52(67)56-28-38-11-13-41(14-12-38)50-37(2)57-35-69-50/h8-18,35,39,43,45,47-48,51,65H,19-34H2,1-7H3,(H,56,67)(H,58,66)/t43-,45-,47+,48+,51?/m1/s1. The summed E-state index contributed by atoms with van der Waals surface area (Å²) < 4.78 is 14.7. The van der Waals surface area contributed by atoms with Crippen molar-refractivity contribution in [3.63, 3.8) is 0 Å². The summed E-state index contributed by atoms with van der Waals surface area (Å²) in [6.45, 7) is 19.4. The van der Waals surface area contributed by atoms with Gasteiger partial charge in [-0.05, 0) is 106 Å². The molecule has 4 fully saturated rings. The number of aromatic nitrogens is 1. The van der Waals surface area contributed by atoms with Gasteiger partial charge in [-0.1, -0.05) is 69.3 Å². The minimum absolute atomic E-state index is 0.0382. The van der Waals surface area contributed by atoms with Crippen LogP contribution in [0.4, 0.5) is 10.1 Å². The van der Waals surface area contributed by atoms with Crippen molar-refractivity contribution in [2.75, 3.05) is 91.0 Å². The van der Waals surface area contributed by atoms with E-state index in [-0.39, 0.29) is 43.0 Å². The second-order valence-electron chi connectivity index (χ2n) is 21.4. The van der Waals surface area contributed by atoms with E-state index in [0.717, 1.165) is 105 Å².